The second-order valence-electron chi connectivity index (χ2n) is 7.67. The molecule has 1 saturated heterocycles. The number of anilines is 1. The van der Waals surface area contributed by atoms with E-state index in [9.17, 15) is 4.79 Å². The third kappa shape index (κ3) is 3.09. The molecule has 3 heterocycles. The van der Waals surface area contributed by atoms with Crippen molar-refractivity contribution in [1.29, 1.82) is 0 Å². The molecule has 1 fully saturated rings. The Labute approximate surface area is 185 Å². The number of H-pyrrole nitrogens is 1. The Kier molecular flexibility index (Phi) is 4.55. The molecule has 0 aliphatic carbocycles. The maximum atomic E-state index is 13.2. The quantitative estimate of drug-likeness (QED) is 0.554. The summed E-state index contributed by atoms with van der Waals surface area (Å²) in [6, 6.07) is 15.5. The number of carbonyl (C=O) groups is 1. The molecule has 8 nitrogen and oxygen atoms in total. The van der Waals surface area contributed by atoms with Crippen LogP contribution in [0.15, 0.2) is 69.7 Å². The van der Waals surface area contributed by atoms with Gasteiger partial charge in [-0.2, -0.15) is 0 Å². The summed E-state index contributed by atoms with van der Waals surface area (Å²) < 4.78 is 0. The predicted molar refractivity (Wildman–Crippen MR) is 123 cm³/mol. The average Bonchev–Trinajstić information content (AvgIpc) is 3.30. The molecule has 156 valence electrons. The smallest absolute Gasteiger partial charge is 0.324 e. The highest BCUT2D eigenvalue weighted by Gasteiger charge is 2.54. The SMILES string of the molecule is CN(C)c1ccc(C23NC(=O)N(Cc4ccc(S)cc4)C2=NC=Nc2[nH]cnc23)cc1. The first-order valence-electron chi connectivity index (χ1n) is 9.79. The van der Waals surface area contributed by atoms with E-state index in [4.69, 9.17) is 0 Å². The van der Waals surface area contributed by atoms with Gasteiger partial charge in [0.25, 0.3) is 0 Å². The Morgan fingerprint density at radius 2 is 1.84 bits per heavy atom. The summed E-state index contributed by atoms with van der Waals surface area (Å²) in [6.45, 7) is 0.365. The van der Waals surface area contributed by atoms with E-state index in [-0.39, 0.29) is 6.03 Å². The summed E-state index contributed by atoms with van der Waals surface area (Å²) >= 11 is 4.35. The van der Waals surface area contributed by atoms with E-state index in [1.807, 2.05) is 67.5 Å². The van der Waals surface area contributed by atoms with Gasteiger partial charge in [0.05, 0.1) is 12.9 Å². The number of aromatic nitrogens is 2. The molecule has 2 amide bonds. The Morgan fingerprint density at radius 3 is 2.55 bits per heavy atom. The molecule has 0 bridgehead atoms. The molecule has 0 saturated carbocycles. The number of fused-ring (bicyclic) bond motifs is 3. The Hall–Kier alpha value is -3.59. The molecule has 31 heavy (non-hydrogen) atoms. The second kappa shape index (κ2) is 7.28. The molecule has 1 aromatic heterocycles. The highest BCUT2D eigenvalue weighted by atomic mass is 32.1. The molecule has 3 aromatic rings. The third-order valence-corrected chi connectivity index (χ3v) is 5.86. The first-order valence-corrected chi connectivity index (χ1v) is 10.2. The zero-order valence-electron chi connectivity index (χ0n) is 17.1. The zero-order chi connectivity index (χ0) is 21.6. The van der Waals surface area contributed by atoms with Crippen molar-refractivity contribution in [2.75, 3.05) is 19.0 Å². The molecule has 2 N–H and O–H groups in total. The molecule has 2 aliphatic heterocycles. The predicted octanol–water partition coefficient (Wildman–Crippen LogP) is 3.31. The zero-order valence-corrected chi connectivity index (χ0v) is 18.0. The summed E-state index contributed by atoms with van der Waals surface area (Å²) in [4.78, 5) is 34.4. The van der Waals surface area contributed by atoms with Crippen molar-refractivity contribution in [1.82, 2.24) is 20.2 Å². The normalized spacial score (nSPS) is 19.4. The van der Waals surface area contributed by atoms with Gasteiger partial charge < -0.3 is 15.2 Å². The molecular weight excluding hydrogens is 410 g/mol. The lowest BCUT2D eigenvalue weighted by Gasteiger charge is -2.29. The van der Waals surface area contributed by atoms with Gasteiger partial charge in [0.15, 0.2) is 17.2 Å². The van der Waals surface area contributed by atoms with E-state index in [0.717, 1.165) is 21.7 Å². The van der Waals surface area contributed by atoms with Crippen LogP contribution in [0.3, 0.4) is 0 Å². The first-order chi connectivity index (χ1) is 15.0. The maximum Gasteiger partial charge on any atom is 0.324 e. The van der Waals surface area contributed by atoms with Crippen LogP contribution in [-0.4, -0.2) is 47.2 Å². The van der Waals surface area contributed by atoms with E-state index in [1.165, 1.54) is 6.34 Å². The highest BCUT2D eigenvalue weighted by molar-refractivity contribution is 7.80. The number of hydrogen-bond acceptors (Lipinski definition) is 6. The summed E-state index contributed by atoms with van der Waals surface area (Å²) in [7, 11) is 3.97. The van der Waals surface area contributed by atoms with E-state index in [1.54, 1.807) is 11.2 Å². The van der Waals surface area contributed by atoms with Crippen LogP contribution in [0.4, 0.5) is 16.3 Å². The molecule has 1 atom stereocenters. The number of benzene rings is 2. The number of aliphatic imine (C=N–C) groups is 2. The average molecular weight is 432 g/mol. The summed E-state index contributed by atoms with van der Waals surface area (Å²) in [5.74, 6) is 1.11. The Bertz CT molecular complexity index is 1200. The maximum absolute atomic E-state index is 13.2. The minimum atomic E-state index is -1.04. The fourth-order valence-corrected chi connectivity index (χ4v) is 4.14. The van der Waals surface area contributed by atoms with Gasteiger partial charge in [0, 0.05) is 24.7 Å². The van der Waals surface area contributed by atoms with Gasteiger partial charge in [0.1, 0.15) is 12.0 Å². The van der Waals surface area contributed by atoms with Gasteiger partial charge in [-0.15, -0.1) is 12.6 Å². The monoisotopic (exact) mass is 431 g/mol. The van der Waals surface area contributed by atoms with Crippen LogP contribution in [0, 0.1) is 0 Å². The van der Waals surface area contributed by atoms with Gasteiger partial charge in [-0.05, 0) is 35.4 Å². The molecule has 5 rings (SSSR count). The minimum Gasteiger partial charge on any atom is -0.378 e. The van der Waals surface area contributed by atoms with Crippen molar-refractivity contribution in [2.45, 2.75) is 17.0 Å². The Morgan fingerprint density at radius 1 is 1.10 bits per heavy atom. The van der Waals surface area contributed by atoms with Crippen molar-refractivity contribution in [3.8, 4) is 0 Å². The number of nitrogens with zero attached hydrogens (tertiary/aromatic N) is 5. The Balaban J connectivity index is 1.64. The number of imidazole rings is 1. The lowest BCUT2D eigenvalue weighted by Crippen LogP contribution is -2.45. The number of carbonyl (C=O) groups excluding carboxylic acids is 1. The number of aromatic amines is 1. The van der Waals surface area contributed by atoms with Gasteiger partial charge in [-0.25, -0.2) is 19.8 Å². The summed E-state index contributed by atoms with van der Waals surface area (Å²) in [6.07, 6.45) is 3.05. The number of nitrogens with one attached hydrogen (secondary N) is 2. The number of amides is 2. The van der Waals surface area contributed by atoms with E-state index in [2.05, 4.69) is 37.9 Å². The minimum absolute atomic E-state index is 0.241. The second-order valence-corrected chi connectivity index (χ2v) is 8.19. The van der Waals surface area contributed by atoms with Gasteiger partial charge in [-0.1, -0.05) is 24.3 Å². The number of thiol groups is 1. The fraction of sp³-hybridized carbons (Fsp3) is 0.182. The number of urea groups is 1. The van der Waals surface area contributed by atoms with Crippen LogP contribution >= 0.6 is 12.6 Å². The van der Waals surface area contributed by atoms with E-state index < -0.39 is 5.54 Å². The van der Waals surface area contributed by atoms with Crippen LogP contribution in [0.2, 0.25) is 0 Å². The van der Waals surface area contributed by atoms with Crippen molar-refractivity contribution >= 4 is 42.3 Å². The third-order valence-electron chi connectivity index (χ3n) is 5.57. The van der Waals surface area contributed by atoms with Crippen molar-refractivity contribution in [3.63, 3.8) is 0 Å². The lowest BCUT2D eigenvalue weighted by atomic mass is 9.85. The van der Waals surface area contributed by atoms with Crippen LogP contribution in [-0.2, 0) is 12.1 Å². The summed E-state index contributed by atoms with van der Waals surface area (Å²) in [5.41, 5.74) is 2.45. The largest absolute Gasteiger partial charge is 0.378 e. The van der Waals surface area contributed by atoms with Crippen LogP contribution in [0.1, 0.15) is 16.8 Å². The van der Waals surface area contributed by atoms with Gasteiger partial charge in [-0.3, -0.25) is 4.90 Å². The standard InChI is InChI=1S/C22H21N7OS/c1-28(2)16-7-5-15(6-8-16)22-18-19(24-12-23-18)25-13-26-20(22)29(21(30)27-22)11-14-3-9-17(31)10-4-14/h3-10,12-13,31H,11H2,1-2H3,(H,23,24)(H,27,30). The van der Waals surface area contributed by atoms with Crippen LogP contribution < -0.4 is 10.2 Å². The fourth-order valence-electron chi connectivity index (χ4n) is 3.99. The van der Waals surface area contributed by atoms with Crippen molar-refractivity contribution in [2.24, 2.45) is 9.98 Å². The van der Waals surface area contributed by atoms with Crippen LogP contribution in [0.5, 0.6) is 0 Å². The number of rotatable bonds is 4. The molecule has 0 spiro atoms. The summed E-state index contributed by atoms with van der Waals surface area (Å²) in [5, 5.41) is 3.16. The van der Waals surface area contributed by atoms with Crippen molar-refractivity contribution in [3.05, 3.63) is 71.7 Å². The lowest BCUT2D eigenvalue weighted by molar-refractivity contribution is 0.225. The van der Waals surface area contributed by atoms with Crippen molar-refractivity contribution < 1.29 is 4.79 Å². The highest BCUT2D eigenvalue weighted by Crippen LogP contribution is 2.41. The molecule has 0 radical (unpaired) electrons. The van der Waals surface area contributed by atoms with E-state index in [0.29, 0.717) is 23.9 Å². The molecule has 9 heteroatoms. The topological polar surface area (TPSA) is 89.0 Å². The van der Waals surface area contributed by atoms with Gasteiger partial charge >= 0.3 is 6.03 Å². The number of amidine groups is 1. The van der Waals surface area contributed by atoms with Gasteiger partial charge in [0.2, 0.25) is 0 Å². The van der Waals surface area contributed by atoms with Crippen LogP contribution in [0.25, 0.3) is 0 Å². The molecule has 1 unspecified atom stereocenters. The molecule has 2 aliphatic rings. The molecular formula is C22H21N7OS. The van der Waals surface area contributed by atoms with E-state index >= 15 is 0 Å². The first kappa shape index (κ1) is 19.4. The molecule has 2 aromatic carbocycles. The number of hydrogen-bond donors (Lipinski definition) is 3.